The lowest BCUT2D eigenvalue weighted by atomic mass is 10.0. The number of para-hydroxylation sites is 1. The van der Waals surface area contributed by atoms with Crippen LogP contribution in [0.4, 0.5) is 5.69 Å². The van der Waals surface area contributed by atoms with E-state index >= 15 is 0 Å². The second-order valence-corrected chi connectivity index (χ2v) is 8.74. The zero-order valence-corrected chi connectivity index (χ0v) is 18.9. The Morgan fingerprint density at radius 1 is 1.29 bits per heavy atom. The van der Waals surface area contributed by atoms with Gasteiger partial charge in [-0.25, -0.2) is 0 Å². The highest BCUT2D eigenvalue weighted by molar-refractivity contribution is 7.99. The van der Waals surface area contributed by atoms with Crippen molar-refractivity contribution < 1.29 is 14.5 Å². The number of aromatic hydroxyl groups is 1. The van der Waals surface area contributed by atoms with Crippen molar-refractivity contribution in [2.75, 3.05) is 18.2 Å². The monoisotopic (exact) mass is 459 g/mol. The summed E-state index contributed by atoms with van der Waals surface area (Å²) in [4.78, 5) is 16.0. The summed E-state index contributed by atoms with van der Waals surface area (Å²) in [6.45, 7) is 2.16. The third kappa shape index (κ3) is 4.22. The number of halogens is 1. The van der Waals surface area contributed by atoms with Crippen molar-refractivity contribution in [1.29, 1.82) is 0 Å². The molecule has 0 bridgehead atoms. The number of fused-ring (bicyclic) bond motifs is 3. The lowest BCUT2D eigenvalue weighted by molar-refractivity contribution is -0.759. The molecule has 2 aromatic carbocycles. The van der Waals surface area contributed by atoms with Gasteiger partial charge in [0.15, 0.2) is 11.5 Å². The molecule has 1 aliphatic rings. The Labute approximate surface area is 189 Å². The predicted molar refractivity (Wildman–Crippen MR) is 122 cm³/mol. The summed E-state index contributed by atoms with van der Waals surface area (Å²) in [6.07, 6.45) is 2.82. The van der Waals surface area contributed by atoms with Gasteiger partial charge in [0.1, 0.15) is 0 Å². The molecule has 0 aliphatic carbocycles. The standard InChI is InChI=1S/C22H23ClN4O3S/c1-3-4-7-10-31-22-25-21(29)18-14-8-5-6-9-16(14)24-20(27(18)26-22)13-11-15(23)19(28)17(12-13)30-2/h5-6,8-9,11-12,20H,3-4,7,10H2,1-2H3,(H2,25,26,28,29)/p+1/t20-/m1/s1. The van der Waals surface area contributed by atoms with Crippen molar-refractivity contribution in [3.8, 4) is 22.8 Å². The SMILES string of the molecule is CCCCCSc1n[n+]2c(c(=O)[nH]1)-c1ccccc1N[C@H]2c1cc(Cl)c(O)c(OC)c1. The highest BCUT2D eigenvalue weighted by atomic mass is 35.5. The van der Waals surface area contributed by atoms with Gasteiger partial charge in [0, 0.05) is 16.4 Å². The molecule has 0 unspecified atom stereocenters. The van der Waals surface area contributed by atoms with Crippen molar-refractivity contribution in [2.45, 2.75) is 37.5 Å². The van der Waals surface area contributed by atoms with Crippen molar-refractivity contribution in [2.24, 2.45) is 0 Å². The maximum absolute atomic E-state index is 13.1. The van der Waals surface area contributed by atoms with E-state index in [0.29, 0.717) is 16.4 Å². The first-order chi connectivity index (χ1) is 15.0. The van der Waals surface area contributed by atoms with Gasteiger partial charge in [-0.1, -0.05) is 55.3 Å². The Morgan fingerprint density at radius 3 is 2.87 bits per heavy atom. The maximum Gasteiger partial charge on any atom is 0.325 e. The fourth-order valence-electron chi connectivity index (χ4n) is 3.61. The molecule has 3 aromatic rings. The van der Waals surface area contributed by atoms with Gasteiger partial charge in [0.2, 0.25) is 5.16 Å². The van der Waals surface area contributed by atoms with E-state index in [9.17, 15) is 9.90 Å². The Bertz CT molecular complexity index is 1170. The minimum absolute atomic E-state index is 0.125. The van der Waals surface area contributed by atoms with E-state index < -0.39 is 6.17 Å². The first kappa shape index (κ1) is 21.5. The molecule has 1 aromatic heterocycles. The first-order valence-electron chi connectivity index (χ1n) is 10.1. The van der Waals surface area contributed by atoms with Crippen LogP contribution in [0.1, 0.15) is 37.9 Å². The number of H-pyrrole nitrogens is 1. The number of phenolic OH excluding ortho intramolecular Hbond substituents is 1. The molecule has 0 radical (unpaired) electrons. The second-order valence-electron chi connectivity index (χ2n) is 7.25. The van der Waals surface area contributed by atoms with Crippen LogP contribution in [0, 0.1) is 0 Å². The number of rotatable bonds is 7. The van der Waals surface area contributed by atoms with Crippen LogP contribution in [0.3, 0.4) is 0 Å². The summed E-state index contributed by atoms with van der Waals surface area (Å²) in [5.74, 6) is 1.01. The molecule has 1 atom stereocenters. The average Bonchev–Trinajstić information content (AvgIpc) is 2.77. The largest absolute Gasteiger partial charge is 0.503 e. The third-order valence-electron chi connectivity index (χ3n) is 5.16. The number of phenols is 1. The number of hydrogen-bond donors (Lipinski definition) is 3. The number of aromatic nitrogens is 3. The highest BCUT2D eigenvalue weighted by Crippen LogP contribution is 2.38. The fourth-order valence-corrected chi connectivity index (χ4v) is 4.68. The Balaban J connectivity index is 1.84. The molecule has 7 nitrogen and oxygen atoms in total. The number of methoxy groups -OCH3 is 1. The van der Waals surface area contributed by atoms with Crippen LogP contribution >= 0.6 is 23.4 Å². The zero-order valence-electron chi connectivity index (χ0n) is 17.3. The van der Waals surface area contributed by atoms with Crippen LogP contribution in [-0.2, 0) is 0 Å². The van der Waals surface area contributed by atoms with Crippen molar-refractivity contribution in [3.63, 3.8) is 0 Å². The van der Waals surface area contributed by atoms with Gasteiger partial charge >= 0.3 is 11.3 Å². The highest BCUT2D eigenvalue weighted by Gasteiger charge is 2.38. The van der Waals surface area contributed by atoms with E-state index in [-0.39, 0.29) is 22.1 Å². The van der Waals surface area contributed by atoms with E-state index in [4.69, 9.17) is 21.4 Å². The molecular weight excluding hydrogens is 436 g/mol. The average molecular weight is 460 g/mol. The predicted octanol–water partition coefficient (Wildman–Crippen LogP) is 4.35. The van der Waals surface area contributed by atoms with Gasteiger partial charge in [-0.05, 0) is 35.4 Å². The van der Waals surface area contributed by atoms with Gasteiger partial charge in [-0.15, -0.1) is 0 Å². The van der Waals surface area contributed by atoms with E-state index in [2.05, 4.69) is 17.2 Å². The van der Waals surface area contributed by atoms with Gasteiger partial charge in [0.25, 0.3) is 6.17 Å². The van der Waals surface area contributed by atoms with E-state index in [1.165, 1.54) is 18.9 Å². The van der Waals surface area contributed by atoms with E-state index in [1.54, 1.807) is 16.8 Å². The summed E-state index contributed by atoms with van der Waals surface area (Å²) < 4.78 is 6.96. The smallest absolute Gasteiger partial charge is 0.325 e. The second kappa shape index (κ2) is 9.20. The molecule has 0 fully saturated rings. The number of aromatic amines is 1. The molecule has 162 valence electrons. The first-order valence-corrected chi connectivity index (χ1v) is 11.5. The summed E-state index contributed by atoms with van der Waals surface area (Å²) >= 11 is 7.78. The van der Waals surface area contributed by atoms with Crippen molar-refractivity contribution >= 4 is 29.1 Å². The number of nitrogens with zero attached hydrogens (tertiary/aromatic N) is 2. The minimum Gasteiger partial charge on any atom is -0.503 e. The van der Waals surface area contributed by atoms with E-state index in [0.717, 1.165) is 36.3 Å². The van der Waals surface area contributed by atoms with E-state index in [1.807, 2.05) is 24.3 Å². The molecule has 1 aliphatic heterocycles. The van der Waals surface area contributed by atoms with Crippen LogP contribution in [-0.4, -0.2) is 28.1 Å². The topological polar surface area (TPSA) is 91.1 Å². The molecule has 0 saturated carbocycles. The molecule has 4 rings (SSSR count). The lowest BCUT2D eigenvalue weighted by Gasteiger charge is -2.23. The number of thioether (sulfide) groups is 1. The maximum atomic E-state index is 13.1. The van der Waals surface area contributed by atoms with Crippen molar-refractivity contribution in [3.05, 3.63) is 57.3 Å². The van der Waals surface area contributed by atoms with Gasteiger partial charge in [0.05, 0.1) is 23.4 Å². The fraction of sp³-hybridized carbons (Fsp3) is 0.318. The van der Waals surface area contributed by atoms with Crippen LogP contribution < -0.4 is 20.3 Å². The number of ether oxygens (including phenoxy) is 1. The Kier molecular flexibility index (Phi) is 6.38. The summed E-state index contributed by atoms with van der Waals surface area (Å²) in [6, 6.07) is 10.9. The molecule has 0 spiro atoms. The normalized spacial score (nSPS) is 14.5. The number of anilines is 1. The third-order valence-corrected chi connectivity index (χ3v) is 6.39. The molecular formula is C22H24ClN4O3S+. The molecule has 0 amide bonds. The van der Waals surface area contributed by atoms with Crippen LogP contribution in [0.5, 0.6) is 11.5 Å². The Morgan fingerprint density at radius 2 is 2.10 bits per heavy atom. The molecule has 0 saturated heterocycles. The molecule has 3 N–H and O–H groups in total. The molecule has 2 heterocycles. The zero-order chi connectivity index (χ0) is 22.0. The summed E-state index contributed by atoms with van der Waals surface area (Å²) in [5.41, 5.74) is 2.54. The van der Waals surface area contributed by atoms with Gasteiger partial charge in [-0.2, -0.15) is 0 Å². The minimum atomic E-state index is -0.505. The van der Waals surface area contributed by atoms with Crippen LogP contribution in [0.2, 0.25) is 5.02 Å². The van der Waals surface area contributed by atoms with Crippen LogP contribution in [0.25, 0.3) is 11.3 Å². The number of hydrogen-bond acceptors (Lipinski definition) is 6. The number of benzene rings is 2. The summed E-state index contributed by atoms with van der Waals surface area (Å²) in [7, 11) is 1.47. The lowest BCUT2D eigenvalue weighted by Crippen LogP contribution is -2.55. The van der Waals surface area contributed by atoms with Crippen LogP contribution in [0.15, 0.2) is 46.3 Å². The van der Waals surface area contributed by atoms with Gasteiger partial charge < -0.3 is 15.2 Å². The Hall–Kier alpha value is -2.71. The van der Waals surface area contributed by atoms with Crippen molar-refractivity contribution in [1.82, 2.24) is 10.1 Å². The number of nitrogens with one attached hydrogen (secondary N) is 2. The number of unbranched alkanes of at least 4 members (excludes halogenated alkanes) is 2. The molecule has 9 heteroatoms. The summed E-state index contributed by atoms with van der Waals surface area (Å²) in [5, 5.41) is 19.1. The molecule has 31 heavy (non-hydrogen) atoms. The quantitative estimate of drug-likeness (QED) is 0.276. The van der Waals surface area contributed by atoms with Gasteiger partial charge in [-0.3, -0.25) is 9.78 Å².